The molecular formula is C11H20N2O. The highest BCUT2D eigenvalue weighted by molar-refractivity contribution is 5.06. The number of nitrogens with one attached hydrogen (secondary N) is 1. The summed E-state index contributed by atoms with van der Waals surface area (Å²) in [6, 6.07) is 0. The van der Waals surface area contributed by atoms with Gasteiger partial charge in [-0.2, -0.15) is 0 Å². The van der Waals surface area contributed by atoms with Crippen molar-refractivity contribution in [3.63, 3.8) is 0 Å². The van der Waals surface area contributed by atoms with Crippen LogP contribution < -0.4 is 5.32 Å². The second kappa shape index (κ2) is 4.60. The van der Waals surface area contributed by atoms with Crippen LogP contribution in [0.2, 0.25) is 0 Å². The average molecular weight is 196 g/mol. The number of nitrogens with zero attached hydrogens (tertiary/aromatic N) is 1. The van der Waals surface area contributed by atoms with E-state index in [1.54, 1.807) is 0 Å². The molecule has 0 spiro atoms. The number of likely N-dealkylation sites (N-methyl/N-ethyl adjacent to an activating group) is 1. The predicted molar refractivity (Wildman–Crippen MR) is 57.5 cm³/mol. The van der Waals surface area contributed by atoms with E-state index >= 15 is 0 Å². The van der Waals surface area contributed by atoms with Crippen molar-refractivity contribution in [3.8, 4) is 0 Å². The third-order valence-electron chi connectivity index (χ3n) is 2.06. The lowest BCUT2D eigenvalue weighted by molar-refractivity contribution is 0.380. The van der Waals surface area contributed by atoms with Gasteiger partial charge in [-0.1, -0.05) is 27.7 Å². The minimum atomic E-state index is 0.0590. The predicted octanol–water partition coefficient (Wildman–Crippen LogP) is 2.12. The molecule has 0 amide bonds. The molecule has 0 aliphatic rings. The number of rotatable bonds is 4. The summed E-state index contributed by atoms with van der Waals surface area (Å²) >= 11 is 0. The number of hydrogen-bond acceptors (Lipinski definition) is 3. The summed E-state index contributed by atoms with van der Waals surface area (Å²) in [6.07, 6.45) is 2.70. The Morgan fingerprint density at radius 1 is 1.43 bits per heavy atom. The molecule has 0 aromatic carbocycles. The number of aromatic nitrogens is 1. The van der Waals surface area contributed by atoms with Gasteiger partial charge in [0.05, 0.1) is 6.20 Å². The van der Waals surface area contributed by atoms with E-state index in [4.69, 9.17) is 4.42 Å². The lowest BCUT2D eigenvalue weighted by atomic mass is 9.94. The van der Waals surface area contributed by atoms with Crippen LogP contribution in [0.3, 0.4) is 0 Å². The molecule has 14 heavy (non-hydrogen) atoms. The smallest absolute Gasteiger partial charge is 0.195 e. The van der Waals surface area contributed by atoms with Crippen molar-refractivity contribution in [2.24, 2.45) is 0 Å². The van der Waals surface area contributed by atoms with Crippen LogP contribution in [0.15, 0.2) is 10.6 Å². The highest BCUT2D eigenvalue weighted by Gasteiger charge is 2.18. The molecule has 1 aromatic rings. The minimum absolute atomic E-state index is 0.0590. The molecular weight excluding hydrogens is 176 g/mol. The Hall–Kier alpha value is -0.830. The molecule has 0 unspecified atom stereocenters. The topological polar surface area (TPSA) is 38.1 Å². The molecule has 0 aliphatic heterocycles. The van der Waals surface area contributed by atoms with Gasteiger partial charge in [0.2, 0.25) is 0 Å². The third kappa shape index (κ3) is 3.14. The van der Waals surface area contributed by atoms with Crippen molar-refractivity contribution >= 4 is 0 Å². The molecule has 0 radical (unpaired) electrons. The second-order valence-electron chi connectivity index (χ2n) is 4.47. The first-order chi connectivity index (χ1) is 6.54. The Kier molecular flexibility index (Phi) is 3.69. The van der Waals surface area contributed by atoms with Crippen LogP contribution >= 0.6 is 0 Å². The Morgan fingerprint density at radius 3 is 2.64 bits per heavy atom. The van der Waals surface area contributed by atoms with Crippen LogP contribution in [-0.2, 0) is 11.8 Å². The molecule has 0 aliphatic carbocycles. The monoisotopic (exact) mass is 196 g/mol. The van der Waals surface area contributed by atoms with Crippen molar-refractivity contribution < 1.29 is 4.42 Å². The molecule has 80 valence electrons. The fourth-order valence-corrected chi connectivity index (χ4v) is 1.14. The largest absolute Gasteiger partial charge is 0.445 e. The fourth-order valence-electron chi connectivity index (χ4n) is 1.14. The van der Waals surface area contributed by atoms with E-state index in [0.717, 1.165) is 31.2 Å². The first-order valence-corrected chi connectivity index (χ1v) is 5.20. The molecule has 1 rings (SSSR count). The Labute approximate surface area is 85.9 Å². The van der Waals surface area contributed by atoms with Gasteiger partial charge in [0.25, 0.3) is 0 Å². The summed E-state index contributed by atoms with van der Waals surface area (Å²) < 4.78 is 5.64. The summed E-state index contributed by atoms with van der Waals surface area (Å²) in [4.78, 5) is 4.25. The summed E-state index contributed by atoms with van der Waals surface area (Å²) in [7, 11) is 0. The molecule has 3 heteroatoms. The fraction of sp³-hybridized carbons (Fsp3) is 0.727. The molecule has 3 nitrogen and oxygen atoms in total. The van der Waals surface area contributed by atoms with Gasteiger partial charge in [0.15, 0.2) is 5.89 Å². The summed E-state index contributed by atoms with van der Waals surface area (Å²) in [5.41, 5.74) is 0.0590. The zero-order chi connectivity index (χ0) is 10.6. The first-order valence-electron chi connectivity index (χ1n) is 5.20. The maximum absolute atomic E-state index is 5.64. The van der Waals surface area contributed by atoms with Gasteiger partial charge in [0, 0.05) is 18.4 Å². The summed E-state index contributed by atoms with van der Waals surface area (Å²) in [5.74, 6) is 1.79. The summed E-state index contributed by atoms with van der Waals surface area (Å²) in [6.45, 7) is 10.4. The van der Waals surface area contributed by atoms with Crippen LogP contribution in [0.4, 0.5) is 0 Å². The van der Waals surface area contributed by atoms with Crippen molar-refractivity contribution in [1.82, 2.24) is 10.3 Å². The molecule has 0 fully saturated rings. The average Bonchev–Trinajstić information content (AvgIpc) is 2.52. The number of oxazole rings is 1. The molecule has 1 heterocycles. The van der Waals surface area contributed by atoms with E-state index in [9.17, 15) is 0 Å². The van der Waals surface area contributed by atoms with Gasteiger partial charge >= 0.3 is 0 Å². The quantitative estimate of drug-likeness (QED) is 0.750. The van der Waals surface area contributed by atoms with Gasteiger partial charge in [-0.3, -0.25) is 0 Å². The molecule has 0 atom stereocenters. The minimum Gasteiger partial charge on any atom is -0.445 e. The zero-order valence-corrected chi connectivity index (χ0v) is 9.55. The van der Waals surface area contributed by atoms with Crippen LogP contribution in [0, 0.1) is 0 Å². The Balaban J connectivity index is 2.51. The highest BCUT2D eigenvalue weighted by atomic mass is 16.4. The van der Waals surface area contributed by atoms with Gasteiger partial charge in [-0.15, -0.1) is 0 Å². The lowest BCUT2D eigenvalue weighted by Gasteiger charge is -2.13. The maximum Gasteiger partial charge on any atom is 0.195 e. The van der Waals surface area contributed by atoms with Crippen molar-refractivity contribution in [1.29, 1.82) is 0 Å². The van der Waals surface area contributed by atoms with E-state index < -0.39 is 0 Å². The van der Waals surface area contributed by atoms with E-state index in [1.807, 2.05) is 6.20 Å². The molecule has 0 saturated heterocycles. The van der Waals surface area contributed by atoms with E-state index in [1.165, 1.54) is 0 Å². The van der Waals surface area contributed by atoms with Crippen molar-refractivity contribution in [3.05, 3.63) is 17.8 Å². The van der Waals surface area contributed by atoms with E-state index in [0.29, 0.717) is 0 Å². The first kappa shape index (κ1) is 11.2. The van der Waals surface area contributed by atoms with Gasteiger partial charge in [-0.25, -0.2) is 4.98 Å². The summed E-state index contributed by atoms with van der Waals surface area (Å²) in [5, 5.41) is 3.24. The number of hydrogen-bond donors (Lipinski definition) is 1. The lowest BCUT2D eigenvalue weighted by Crippen LogP contribution is -2.16. The van der Waals surface area contributed by atoms with Crippen LogP contribution in [-0.4, -0.2) is 18.1 Å². The van der Waals surface area contributed by atoms with Crippen molar-refractivity contribution in [2.45, 2.75) is 39.5 Å². The van der Waals surface area contributed by atoms with Crippen LogP contribution in [0.25, 0.3) is 0 Å². The molecule has 0 saturated carbocycles. The standard InChI is InChI=1S/C11H20N2O/c1-5-12-7-6-10-13-8-9(14-10)11(2,3)4/h8,12H,5-7H2,1-4H3. The van der Waals surface area contributed by atoms with E-state index in [2.05, 4.69) is 38.0 Å². The Morgan fingerprint density at radius 2 is 2.14 bits per heavy atom. The SMILES string of the molecule is CCNCCc1ncc(C(C)(C)C)o1. The molecule has 0 bridgehead atoms. The van der Waals surface area contributed by atoms with E-state index in [-0.39, 0.29) is 5.41 Å². The maximum atomic E-state index is 5.64. The van der Waals surface area contributed by atoms with Gasteiger partial charge in [-0.05, 0) is 6.54 Å². The zero-order valence-electron chi connectivity index (χ0n) is 9.55. The van der Waals surface area contributed by atoms with Gasteiger partial charge in [0.1, 0.15) is 5.76 Å². The molecule has 1 N–H and O–H groups in total. The highest BCUT2D eigenvalue weighted by Crippen LogP contribution is 2.22. The Bertz CT molecular complexity index is 273. The van der Waals surface area contributed by atoms with Gasteiger partial charge < -0.3 is 9.73 Å². The van der Waals surface area contributed by atoms with Crippen molar-refractivity contribution in [2.75, 3.05) is 13.1 Å². The third-order valence-corrected chi connectivity index (χ3v) is 2.06. The van der Waals surface area contributed by atoms with Crippen LogP contribution in [0.1, 0.15) is 39.3 Å². The van der Waals surface area contributed by atoms with Crippen LogP contribution in [0.5, 0.6) is 0 Å². The molecule has 1 aromatic heterocycles. The normalized spacial score (nSPS) is 12.0. The second-order valence-corrected chi connectivity index (χ2v) is 4.47.